The van der Waals surface area contributed by atoms with Crippen molar-refractivity contribution < 1.29 is 27.4 Å². The van der Waals surface area contributed by atoms with E-state index in [0.29, 0.717) is 60.9 Å². The van der Waals surface area contributed by atoms with Crippen LogP contribution in [-0.4, -0.2) is 61.5 Å². The van der Waals surface area contributed by atoms with Crippen LogP contribution in [0.5, 0.6) is 5.75 Å². The highest BCUT2D eigenvalue weighted by atomic mass is 19.4. The summed E-state index contributed by atoms with van der Waals surface area (Å²) in [5.74, 6) is 0.138. The number of anilines is 1. The summed E-state index contributed by atoms with van der Waals surface area (Å²) in [6.07, 6.45) is -4.49. The lowest BCUT2D eigenvalue weighted by atomic mass is 9.95. The summed E-state index contributed by atoms with van der Waals surface area (Å²) in [4.78, 5) is 21.1. The maximum atomic E-state index is 12.7. The fourth-order valence-corrected chi connectivity index (χ4v) is 4.23. The highest BCUT2D eigenvalue weighted by Crippen LogP contribution is 2.35. The first-order valence-corrected chi connectivity index (χ1v) is 11.4. The molecule has 188 valence electrons. The minimum Gasteiger partial charge on any atom is -0.406 e. The lowest BCUT2D eigenvalue weighted by Gasteiger charge is -2.41. The Kier molecular flexibility index (Phi) is 8.22. The van der Waals surface area contributed by atoms with Gasteiger partial charge in [0, 0.05) is 38.3 Å². The van der Waals surface area contributed by atoms with Gasteiger partial charge >= 0.3 is 6.36 Å². The zero-order valence-corrected chi connectivity index (χ0v) is 20.2. The lowest BCUT2D eigenvalue weighted by Crippen LogP contribution is -2.54. The van der Waals surface area contributed by atoms with Crippen LogP contribution in [0.3, 0.4) is 0 Å². The molecule has 0 spiro atoms. The van der Waals surface area contributed by atoms with Gasteiger partial charge in [0.1, 0.15) is 17.6 Å². The SMILES string of the molecule is COCCC(=O)N1CCN(c2nc(C(C)C)c(-c3cccc(OC(F)(F)F)c3)cc2C#N)CC1C. The molecule has 35 heavy (non-hydrogen) atoms. The van der Waals surface area contributed by atoms with Crippen LogP contribution in [0.15, 0.2) is 30.3 Å². The van der Waals surface area contributed by atoms with Gasteiger partial charge in [0.15, 0.2) is 0 Å². The van der Waals surface area contributed by atoms with E-state index in [-0.39, 0.29) is 23.6 Å². The Morgan fingerprint density at radius 3 is 2.63 bits per heavy atom. The average Bonchev–Trinajstić information content (AvgIpc) is 2.80. The Morgan fingerprint density at radius 2 is 2.03 bits per heavy atom. The Labute approximate surface area is 203 Å². The van der Waals surface area contributed by atoms with E-state index < -0.39 is 6.36 Å². The van der Waals surface area contributed by atoms with Gasteiger partial charge in [0.05, 0.1) is 24.3 Å². The Morgan fingerprint density at radius 1 is 1.29 bits per heavy atom. The quantitative estimate of drug-likeness (QED) is 0.559. The normalized spacial score (nSPS) is 16.4. The van der Waals surface area contributed by atoms with E-state index in [1.807, 2.05) is 30.6 Å². The fraction of sp³-hybridized carbons (Fsp3) is 0.480. The van der Waals surface area contributed by atoms with E-state index in [1.54, 1.807) is 19.2 Å². The van der Waals surface area contributed by atoms with E-state index in [2.05, 4.69) is 10.8 Å². The molecule has 0 N–H and O–H groups in total. The number of carbonyl (C=O) groups excluding carboxylic acids is 1. The van der Waals surface area contributed by atoms with Crippen molar-refractivity contribution in [3.05, 3.63) is 41.6 Å². The van der Waals surface area contributed by atoms with Gasteiger partial charge in [-0.25, -0.2) is 4.98 Å². The largest absolute Gasteiger partial charge is 0.573 e. The van der Waals surface area contributed by atoms with Crippen LogP contribution in [0.25, 0.3) is 11.1 Å². The Hall–Kier alpha value is -3.32. The van der Waals surface area contributed by atoms with Crippen molar-refractivity contribution in [2.45, 2.75) is 45.5 Å². The number of halogens is 3. The number of hydrogen-bond donors (Lipinski definition) is 0. The molecule has 1 unspecified atom stereocenters. The highest BCUT2D eigenvalue weighted by molar-refractivity contribution is 5.77. The lowest BCUT2D eigenvalue weighted by molar-refractivity contribution is -0.274. The molecule has 0 aliphatic carbocycles. The van der Waals surface area contributed by atoms with E-state index in [1.165, 1.54) is 18.2 Å². The first-order chi connectivity index (χ1) is 16.5. The van der Waals surface area contributed by atoms with Gasteiger partial charge in [-0.3, -0.25) is 4.79 Å². The van der Waals surface area contributed by atoms with Crippen LogP contribution in [0.2, 0.25) is 0 Å². The molecule has 1 aromatic carbocycles. The predicted octanol–water partition coefficient (Wildman–Crippen LogP) is 4.72. The zero-order chi connectivity index (χ0) is 25.8. The van der Waals surface area contributed by atoms with Gasteiger partial charge in [-0.2, -0.15) is 5.26 Å². The van der Waals surface area contributed by atoms with Gasteiger partial charge in [-0.1, -0.05) is 26.0 Å². The Bertz CT molecular complexity index is 1100. The number of nitriles is 1. The summed E-state index contributed by atoms with van der Waals surface area (Å²) in [5, 5.41) is 9.89. The van der Waals surface area contributed by atoms with Crippen LogP contribution in [0, 0.1) is 11.3 Å². The molecule has 0 saturated carbocycles. The molecule has 1 aliphatic heterocycles. The van der Waals surface area contributed by atoms with Crippen LogP contribution in [0.1, 0.15) is 44.4 Å². The van der Waals surface area contributed by atoms with Gasteiger partial charge in [-0.15, -0.1) is 13.2 Å². The van der Waals surface area contributed by atoms with E-state index in [9.17, 15) is 23.2 Å². The monoisotopic (exact) mass is 490 g/mol. The molecule has 1 aromatic heterocycles. The van der Waals surface area contributed by atoms with Gasteiger partial charge in [0.2, 0.25) is 5.91 Å². The number of rotatable bonds is 7. The number of ether oxygens (including phenoxy) is 2. The molecule has 1 atom stereocenters. The van der Waals surface area contributed by atoms with Crippen LogP contribution >= 0.6 is 0 Å². The summed E-state index contributed by atoms with van der Waals surface area (Å²) in [7, 11) is 1.55. The molecule has 1 aliphatic rings. The van der Waals surface area contributed by atoms with E-state index in [0.717, 1.165) is 0 Å². The number of benzene rings is 1. The highest BCUT2D eigenvalue weighted by Gasteiger charge is 2.32. The second kappa shape index (κ2) is 11.0. The molecule has 2 heterocycles. The summed E-state index contributed by atoms with van der Waals surface area (Å²) >= 11 is 0. The van der Waals surface area contributed by atoms with Crippen molar-refractivity contribution in [1.82, 2.24) is 9.88 Å². The zero-order valence-electron chi connectivity index (χ0n) is 20.2. The number of alkyl halides is 3. The molecule has 1 fully saturated rings. The number of amides is 1. The molecule has 3 rings (SSSR count). The van der Waals surface area contributed by atoms with Crippen LogP contribution in [0.4, 0.5) is 19.0 Å². The Balaban J connectivity index is 1.94. The smallest absolute Gasteiger partial charge is 0.406 e. The number of pyridine rings is 1. The maximum Gasteiger partial charge on any atom is 0.573 e. The molecule has 1 saturated heterocycles. The van der Waals surface area contributed by atoms with Gasteiger partial charge in [0.25, 0.3) is 0 Å². The van der Waals surface area contributed by atoms with Gasteiger partial charge < -0.3 is 19.3 Å². The maximum absolute atomic E-state index is 12.7. The minimum absolute atomic E-state index is 0.0200. The van der Waals surface area contributed by atoms with Gasteiger partial charge in [-0.05, 0) is 36.6 Å². The van der Waals surface area contributed by atoms with Crippen molar-refractivity contribution in [2.24, 2.45) is 0 Å². The predicted molar refractivity (Wildman–Crippen MR) is 125 cm³/mol. The third-order valence-corrected chi connectivity index (χ3v) is 5.85. The van der Waals surface area contributed by atoms with Crippen LogP contribution in [-0.2, 0) is 9.53 Å². The minimum atomic E-state index is -4.80. The van der Waals surface area contributed by atoms with E-state index >= 15 is 0 Å². The first kappa shape index (κ1) is 26.3. The molecule has 1 amide bonds. The molecule has 2 aromatic rings. The summed E-state index contributed by atoms with van der Waals surface area (Å²) < 4.78 is 47.2. The molecule has 10 heteroatoms. The number of aromatic nitrogens is 1. The first-order valence-electron chi connectivity index (χ1n) is 11.4. The average molecular weight is 491 g/mol. The third-order valence-electron chi connectivity index (χ3n) is 5.85. The second-order valence-corrected chi connectivity index (χ2v) is 8.76. The fourth-order valence-electron chi connectivity index (χ4n) is 4.23. The summed E-state index contributed by atoms with van der Waals surface area (Å²) in [5.41, 5.74) is 2.04. The standard InChI is InChI=1S/C25H29F3N4O3/c1-16(2)23-21(18-6-5-7-20(12-18)35-25(26,27)28)13-19(14-29)24(30-23)31-9-10-32(17(3)15-31)22(33)8-11-34-4/h5-7,12-13,16-17H,8-11,15H2,1-4H3. The van der Waals surface area contributed by atoms with Crippen molar-refractivity contribution in [3.8, 4) is 22.9 Å². The number of hydrogen-bond acceptors (Lipinski definition) is 6. The van der Waals surface area contributed by atoms with Crippen molar-refractivity contribution in [3.63, 3.8) is 0 Å². The summed E-state index contributed by atoms with van der Waals surface area (Å²) in [6, 6.07) is 9.44. The third kappa shape index (κ3) is 6.42. The number of piperazine rings is 1. The van der Waals surface area contributed by atoms with Crippen molar-refractivity contribution in [1.29, 1.82) is 5.26 Å². The molecule has 7 nitrogen and oxygen atoms in total. The number of nitrogens with zero attached hydrogens (tertiary/aromatic N) is 4. The summed E-state index contributed by atoms with van der Waals surface area (Å²) in [6.45, 7) is 7.70. The topological polar surface area (TPSA) is 78.7 Å². The molecular weight excluding hydrogens is 461 g/mol. The second-order valence-electron chi connectivity index (χ2n) is 8.76. The van der Waals surface area contributed by atoms with Crippen LogP contribution < -0.4 is 9.64 Å². The van der Waals surface area contributed by atoms with Crippen molar-refractivity contribution in [2.75, 3.05) is 38.3 Å². The molecular formula is C25H29F3N4O3. The number of carbonyl (C=O) groups is 1. The number of methoxy groups -OCH3 is 1. The molecule has 0 bridgehead atoms. The molecule has 0 radical (unpaired) electrons. The van der Waals surface area contributed by atoms with E-state index in [4.69, 9.17) is 9.72 Å². The van der Waals surface area contributed by atoms with Crippen molar-refractivity contribution >= 4 is 11.7 Å².